The lowest BCUT2D eigenvalue weighted by Crippen LogP contribution is -2.43. The highest BCUT2D eigenvalue weighted by Gasteiger charge is 2.17. The second-order valence-electron chi connectivity index (χ2n) is 5.98. The van der Waals surface area contributed by atoms with Crippen molar-refractivity contribution in [3.8, 4) is 0 Å². The topological polar surface area (TPSA) is 92.4 Å². The first-order chi connectivity index (χ1) is 12.1. The molecule has 1 aliphatic heterocycles. The Bertz CT molecular complexity index is 762. The van der Waals surface area contributed by atoms with Crippen LogP contribution in [0.5, 0.6) is 0 Å². The number of ether oxygens (including phenoxy) is 1. The van der Waals surface area contributed by atoms with Gasteiger partial charge >= 0.3 is 0 Å². The van der Waals surface area contributed by atoms with Gasteiger partial charge in [-0.1, -0.05) is 18.3 Å². The number of fused-ring (bicyclic) bond motifs is 1. The second-order valence-corrected chi connectivity index (χ2v) is 7.01. The third-order valence-corrected chi connectivity index (χ3v) is 4.76. The van der Waals surface area contributed by atoms with Crippen LogP contribution in [0.3, 0.4) is 0 Å². The van der Waals surface area contributed by atoms with Gasteiger partial charge in [0.1, 0.15) is 0 Å². The summed E-state index contributed by atoms with van der Waals surface area (Å²) in [7, 11) is 0. The number of rotatable bonds is 6. The van der Waals surface area contributed by atoms with Crippen LogP contribution in [0.4, 0.5) is 10.8 Å². The molecule has 1 aromatic carbocycles. The number of carbonyl (C=O) groups excluding carboxylic acids is 2. The quantitative estimate of drug-likeness (QED) is 0.695. The lowest BCUT2D eigenvalue weighted by molar-refractivity contribution is -0.117. The van der Waals surface area contributed by atoms with Gasteiger partial charge in [0.25, 0.3) is 0 Å². The van der Waals surface area contributed by atoms with E-state index in [0.29, 0.717) is 31.2 Å². The van der Waals surface area contributed by atoms with E-state index in [9.17, 15) is 9.59 Å². The van der Waals surface area contributed by atoms with E-state index < -0.39 is 0 Å². The van der Waals surface area contributed by atoms with Crippen molar-refractivity contribution in [1.29, 1.82) is 0 Å². The van der Waals surface area contributed by atoms with E-state index in [1.165, 1.54) is 11.3 Å². The van der Waals surface area contributed by atoms with Gasteiger partial charge in [0.05, 0.1) is 23.4 Å². The first-order valence-electron chi connectivity index (χ1n) is 8.45. The maximum atomic E-state index is 12.2. The Morgan fingerprint density at radius 2 is 2.19 bits per heavy atom. The van der Waals surface area contributed by atoms with Crippen molar-refractivity contribution in [3.05, 3.63) is 18.2 Å². The summed E-state index contributed by atoms with van der Waals surface area (Å²) in [6.07, 6.45) is 1.66. The van der Waals surface area contributed by atoms with Gasteiger partial charge in [-0.15, -0.1) is 12.4 Å². The van der Waals surface area contributed by atoms with Crippen LogP contribution in [0, 0.1) is 0 Å². The van der Waals surface area contributed by atoms with Gasteiger partial charge in [-0.3, -0.25) is 9.59 Å². The van der Waals surface area contributed by atoms with Crippen molar-refractivity contribution in [2.45, 2.75) is 32.2 Å². The molecule has 9 heteroatoms. The summed E-state index contributed by atoms with van der Waals surface area (Å²) in [5.74, 6) is -0.0828. The highest BCUT2D eigenvalue weighted by molar-refractivity contribution is 7.22. The van der Waals surface area contributed by atoms with E-state index in [0.717, 1.165) is 28.9 Å². The number of aromatic nitrogens is 1. The number of halogens is 1. The molecule has 0 bridgehead atoms. The predicted molar refractivity (Wildman–Crippen MR) is 106 cm³/mol. The van der Waals surface area contributed by atoms with E-state index in [1.54, 1.807) is 0 Å². The Hall–Kier alpha value is -1.74. The van der Waals surface area contributed by atoms with Crippen molar-refractivity contribution >= 4 is 56.6 Å². The fourth-order valence-electron chi connectivity index (χ4n) is 2.65. The number of anilines is 2. The Labute approximate surface area is 162 Å². The molecule has 0 radical (unpaired) electrons. The molecule has 0 saturated carbocycles. The van der Waals surface area contributed by atoms with E-state index in [2.05, 4.69) is 20.9 Å². The second kappa shape index (κ2) is 9.82. The van der Waals surface area contributed by atoms with Crippen LogP contribution >= 0.6 is 23.7 Å². The number of carbonyl (C=O) groups is 2. The molecule has 3 N–H and O–H groups in total. The molecule has 1 aromatic heterocycles. The summed E-state index contributed by atoms with van der Waals surface area (Å²) in [5, 5.41) is 9.56. The molecule has 3 rings (SSSR count). The van der Waals surface area contributed by atoms with Crippen LogP contribution in [-0.4, -0.2) is 42.6 Å². The van der Waals surface area contributed by atoms with E-state index >= 15 is 0 Å². The van der Waals surface area contributed by atoms with Crippen molar-refractivity contribution in [1.82, 2.24) is 10.3 Å². The molecular weight excluding hydrogens is 376 g/mol. The molecule has 1 saturated heterocycles. The summed E-state index contributed by atoms with van der Waals surface area (Å²) in [6, 6.07) is 5.60. The summed E-state index contributed by atoms with van der Waals surface area (Å²) in [5.41, 5.74) is 1.53. The zero-order chi connectivity index (χ0) is 17.6. The maximum Gasteiger partial charge on any atom is 0.226 e. The molecule has 2 amide bonds. The van der Waals surface area contributed by atoms with Crippen molar-refractivity contribution in [3.63, 3.8) is 0 Å². The zero-order valence-electron chi connectivity index (χ0n) is 14.5. The summed E-state index contributed by atoms with van der Waals surface area (Å²) >= 11 is 1.40. The maximum absolute atomic E-state index is 12.2. The first-order valence-corrected chi connectivity index (χ1v) is 9.27. The molecular formula is C17H23ClN4O3S. The lowest BCUT2D eigenvalue weighted by Gasteiger charge is -2.23. The minimum Gasteiger partial charge on any atom is -0.378 e. The molecule has 1 unspecified atom stereocenters. The normalized spacial score (nSPS) is 16.7. The number of thiazole rings is 1. The Morgan fingerprint density at radius 1 is 1.35 bits per heavy atom. The number of nitrogens with one attached hydrogen (secondary N) is 3. The third-order valence-electron chi connectivity index (χ3n) is 3.83. The van der Waals surface area contributed by atoms with Gasteiger partial charge in [-0.25, -0.2) is 4.98 Å². The van der Waals surface area contributed by atoms with Crippen LogP contribution in [0.1, 0.15) is 26.2 Å². The SMILES string of the molecule is CCCC(=O)Nc1nc2ccc(NC(=O)CC3COCCN3)cc2s1.Cl. The minimum atomic E-state index is -0.0525. The number of nitrogens with zero attached hydrogens (tertiary/aromatic N) is 1. The predicted octanol–water partition coefficient (Wildman–Crippen LogP) is 2.77. The van der Waals surface area contributed by atoms with Crippen LogP contribution < -0.4 is 16.0 Å². The Kier molecular flexibility index (Phi) is 7.77. The fourth-order valence-corrected chi connectivity index (χ4v) is 3.57. The highest BCUT2D eigenvalue weighted by Crippen LogP contribution is 2.28. The summed E-state index contributed by atoms with van der Waals surface area (Å²) in [4.78, 5) is 28.2. The molecule has 0 spiro atoms. The molecule has 0 aliphatic carbocycles. The average molecular weight is 399 g/mol. The van der Waals surface area contributed by atoms with Crippen LogP contribution in [0.15, 0.2) is 18.2 Å². The molecule has 2 aromatic rings. The lowest BCUT2D eigenvalue weighted by atomic mass is 10.2. The Balaban J connectivity index is 0.00000243. The monoisotopic (exact) mass is 398 g/mol. The smallest absolute Gasteiger partial charge is 0.226 e. The third kappa shape index (κ3) is 5.63. The van der Waals surface area contributed by atoms with E-state index in [1.807, 2.05) is 25.1 Å². The first kappa shape index (κ1) is 20.6. The minimum absolute atomic E-state index is 0. The molecule has 142 valence electrons. The van der Waals surface area contributed by atoms with Gasteiger partial charge in [0.2, 0.25) is 11.8 Å². The molecule has 2 heterocycles. The number of amides is 2. The van der Waals surface area contributed by atoms with Gasteiger partial charge in [-0.05, 0) is 24.6 Å². The van der Waals surface area contributed by atoms with Gasteiger partial charge in [-0.2, -0.15) is 0 Å². The summed E-state index contributed by atoms with van der Waals surface area (Å²) in [6.45, 7) is 3.98. The molecule has 26 heavy (non-hydrogen) atoms. The fraction of sp³-hybridized carbons (Fsp3) is 0.471. The standard InChI is InChI=1S/C17H22N4O3S.ClH/c1-2-3-15(22)21-17-20-13-5-4-11(8-14(13)25-17)19-16(23)9-12-10-24-7-6-18-12;/h4-5,8,12,18H,2-3,6-7,9-10H2,1H3,(H,19,23)(H,20,21,22);1H. The van der Waals surface area contributed by atoms with Crippen LogP contribution in [0.2, 0.25) is 0 Å². The number of benzene rings is 1. The van der Waals surface area contributed by atoms with E-state index in [4.69, 9.17) is 4.74 Å². The molecule has 1 aliphatic rings. The summed E-state index contributed by atoms with van der Waals surface area (Å²) < 4.78 is 6.28. The van der Waals surface area contributed by atoms with E-state index in [-0.39, 0.29) is 30.3 Å². The van der Waals surface area contributed by atoms with Gasteiger partial charge in [0, 0.05) is 31.1 Å². The number of hydrogen-bond donors (Lipinski definition) is 3. The van der Waals surface area contributed by atoms with Crippen molar-refractivity contribution in [2.75, 3.05) is 30.4 Å². The van der Waals surface area contributed by atoms with Gasteiger partial charge in [0.15, 0.2) is 5.13 Å². The molecule has 7 nitrogen and oxygen atoms in total. The number of hydrogen-bond acceptors (Lipinski definition) is 6. The van der Waals surface area contributed by atoms with Crippen LogP contribution in [-0.2, 0) is 14.3 Å². The van der Waals surface area contributed by atoms with Crippen molar-refractivity contribution in [2.24, 2.45) is 0 Å². The molecule has 1 fully saturated rings. The van der Waals surface area contributed by atoms with Gasteiger partial charge < -0.3 is 20.7 Å². The average Bonchev–Trinajstić information content (AvgIpc) is 2.97. The Morgan fingerprint density at radius 3 is 2.92 bits per heavy atom. The largest absolute Gasteiger partial charge is 0.378 e. The number of morpholine rings is 1. The van der Waals surface area contributed by atoms with Crippen LogP contribution in [0.25, 0.3) is 10.2 Å². The van der Waals surface area contributed by atoms with Crippen molar-refractivity contribution < 1.29 is 14.3 Å². The molecule has 1 atom stereocenters. The zero-order valence-corrected chi connectivity index (χ0v) is 16.2. The highest BCUT2D eigenvalue weighted by atomic mass is 35.5.